The molecule has 0 aromatic heterocycles. The number of alkyl halides is 20. The molecule has 0 bridgehead atoms. The maximum absolute atomic E-state index is 18.2. The molecule has 0 amide bonds. The van der Waals surface area contributed by atoms with Gasteiger partial charge < -0.3 is 28.8 Å². The topological polar surface area (TPSA) is 64.6 Å². The molecule has 66 heavy (non-hydrogen) atoms. The first-order valence-corrected chi connectivity index (χ1v) is 36.7. The van der Waals surface area contributed by atoms with Gasteiger partial charge in [-0.15, -0.1) is 0 Å². The maximum atomic E-state index is 18.2. The van der Waals surface area contributed by atoms with E-state index in [4.69, 9.17) is 28.8 Å². The minimum Gasteiger partial charge on any atom is -0.428 e. The van der Waals surface area contributed by atoms with E-state index in [0.717, 1.165) is 6.92 Å². The van der Waals surface area contributed by atoms with Crippen molar-refractivity contribution in [3.63, 3.8) is 0 Å². The van der Waals surface area contributed by atoms with E-state index >= 15 is 87.8 Å². The van der Waals surface area contributed by atoms with Gasteiger partial charge in [0.25, 0.3) is 63.8 Å². The third-order valence-electron chi connectivity index (χ3n) is 12.3. The molecule has 2 fully saturated rings. The van der Waals surface area contributed by atoms with Crippen LogP contribution in [0.4, 0.5) is 87.8 Å². The molecule has 2 heterocycles. The fourth-order valence-electron chi connectivity index (χ4n) is 8.09. The minimum atomic E-state index is -8.79. The summed E-state index contributed by atoms with van der Waals surface area (Å²) in [5.74, 6) is 0. The van der Waals surface area contributed by atoms with Gasteiger partial charge in [0.2, 0.25) is 0 Å². The SMILES string of the molecule is CC[Si]1(C(C)(F)F)C[Si](C(C)(F)F)(C(C)(F)F)O[Si](C(C)(F)F)(C(F)(F)C[Si]2(C(C)(F)F)O[Si](CC)(C(C)(F)F)O[Si](CC)(C(C)(F)F)O[Si](CC)(C(C)(F)F)O2)O[Si](CC)(C(C)(F)F)O1. The Kier molecular flexibility index (Phi) is 16.9. The summed E-state index contributed by atoms with van der Waals surface area (Å²) in [4.78, 5) is 0. The van der Waals surface area contributed by atoms with E-state index in [9.17, 15) is 0 Å². The molecule has 35 heteroatoms. The van der Waals surface area contributed by atoms with E-state index in [2.05, 4.69) is 0 Å². The second kappa shape index (κ2) is 17.9. The molecule has 0 aliphatic carbocycles. The number of hydrogen-bond acceptors (Lipinski definition) is 7. The van der Waals surface area contributed by atoms with Crippen molar-refractivity contribution in [2.75, 3.05) is 0 Å². The van der Waals surface area contributed by atoms with Crippen LogP contribution in [0.25, 0.3) is 0 Å². The van der Waals surface area contributed by atoms with Crippen LogP contribution in [0.15, 0.2) is 0 Å². The van der Waals surface area contributed by atoms with Crippen molar-refractivity contribution in [2.24, 2.45) is 0 Å². The van der Waals surface area contributed by atoms with Crippen LogP contribution in [-0.4, -0.2) is 123 Å². The predicted octanol–water partition coefficient (Wildman–Crippen LogP) is 13.2. The van der Waals surface area contributed by atoms with Gasteiger partial charge in [-0.25, -0.2) is 87.8 Å². The van der Waals surface area contributed by atoms with Crippen molar-refractivity contribution in [1.82, 2.24) is 0 Å². The van der Waals surface area contributed by atoms with E-state index in [1.54, 1.807) is 0 Å². The molecule has 2 aliphatic rings. The zero-order valence-electron chi connectivity index (χ0n) is 38.4. The molecule has 0 N–H and O–H groups in total. The highest BCUT2D eigenvalue weighted by Crippen LogP contribution is 2.61. The van der Waals surface area contributed by atoms with Crippen LogP contribution in [0.2, 0.25) is 41.9 Å². The van der Waals surface area contributed by atoms with Gasteiger partial charge in [-0.3, -0.25) is 0 Å². The first kappa shape index (κ1) is 62.2. The molecule has 0 spiro atoms. The summed E-state index contributed by atoms with van der Waals surface area (Å²) in [6.45, 7) is -0.122. The van der Waals surface area contributed by atoms with E-state index in [0.29, 0.717) is 27.7 Å². The number of hydrogen-bond donors (Lipinski definition) is 0. The van der Waals surface area contributed by atoms with Crippen molar-refractivity contribution in [3.05, 3.63) is 0 Å². The Morgan fingerprint density at radius 2 is 0.576 bits per heavy atom. The van der Waals surface area contributed by atoms with Gasteiger partial charge in [-0.05, 0) is 56.7 Å². The van der Waals surface area contributed by atoms with Crippen LogP contribution >= 0.6 is 0 Å². The van der Waals surface area contributed by atoms with E-state index in [1.165, 1.54) is 0 Å². The molecule has 0 radical (unpaired) electrons. The Bertz CT molecular complexity index is 1660. The average molecular weight is 1150 g/mol. The minimum absolute atomic E-state index is 0.0477. The van der Waals surface area contributed by atoms with E-state index < -0.39 is 193 Å². The lowest BCUT2D eigenvalue weighted by Gasteiger charge is -2.59. The quantitative estimate of drug-likeness (QED) is 0.106. The predicted molar refractivity (Wildman–Crippen MR) is 216 cm³/mol. The van der Waals surface area contributed by atoms with Crippen molar-refractivity contribution >= 4 is 68.0 Å². The molecule has 0 aromatic rings. The Labute approximate surface area is 378 Å². The van der Waals surface area contributed by atoms with Gasteiger partial charge in [-0.2, -0.15) is 0 Å². The van der Waals surface area contributed by atoms with Crippen LogP contribution in [0.5, 0.6) is 0 Å². The van der Waals surface area contributed by atoms with Crippen LogP contribution in [0.1, 0.15) is 96.9 Å². The number of halogens is 20. The first-order valence-electron chi connectivity index (χ1n) is 20.4. The zero-order valence-corrected chi connectivity index (χ0v) is 46.4. The summed E-state index contributed by atoms with van der Waals surface area (Å²) < 4.78 is 365. The summed E-state index contributed by atoms with van der Waals surface area (Å²) >= 11 is 0. The van der Waals surface area contributed by atoms with Crippen LogP contribution in [-0.2, 0) is 28.8 Å². The highest BCUT2D eigenvalue weighted by atomic mass is 28.5. The highest BCUT2D eigenvalue weighted by molar-refractivity contribution is 7.04. The van der Waals surface area contributed by atoms with Crippen molar-refractivity contribution < 1.29 is 117 Å². The highest BCUT2D eigenvalue weighted by Gasteiger charge is 2.90. The van der Waals surface area contributed by atoms with Crippen LogP contribution < -0.4 is 0 Å². The van der Waals surface area contributed by atoms with Crippen LogP contribution in [0.3, 0.4) is 0 Å². The first-order chi connectivity index (χ1) is 28.7. The Balaban J connectivity index is 3.60. The lowest BCUT2D eigenvalue weighted by molar-refractivity contribution is -0.0570. The smallest absolute Gasteiger partial charge is 0.428 e. The molecule has 7 nitrogen and oxygen atoms in total. The van der Waals surface area contributed by atoms with Crippen molar-refractivity contribution in [3.8, 4) is 0 Å². The van der Waals surface area contributed by atoms with Crippen LogP contribution in [0, 0.1) is 0 Å². The molecule has 5 atom stereocenters. The molecule has 0 aromatic carbocycles. The Hall–Kier alpha value is 0.0551. The summed E-state index contributed by atoms with van der Waals surface area (Å²) in [5.41, 5.74) is -55.7. The van der Waals surface area contributed by atoms with Gasteiger partial charge in [0.15, 0.2) is 0 Å². The Morgan fingerprint density at radius 1 is 0.303 bits per heavy atom. The molecular weight excluding hydrogens is 1090 g/mol. The third-order valence-corrected chi connectivity index (χ3v) is 54.6. The summed E-state index contributed by atoms with van der Waals surface area (Å²) in [6, 6.07) is -11.0. The molecule has 2 rings (SSSR count). The third kappa shape index (κ3) is 10.1. The van der Waals surface area contributed by atoms with Gasteiger partial charge in [0, 0.05) is 41.5 Å². The van der Waals surface area contributed by atoms with Crippen molar-refractivity contribution in [1.29, 1.82) is 0 Å². The van der Waals surface area contributed by atoms with Gasteiger partial charge in [-0.1, -0.05) is 34.6 Å². The Morgan fingerprint density at radius 3 is 0.788 bits per heavy atom. The second-order valence-electron chi connectivity index (χ2n) is 17.7. The molecular formula is C31H56F20O7Si8. The number of rotatable bonds is 17. The lowest BCUT2D eigenvalue weighted by Crippen LogP contribution is -2.87. The molecule has 2 saturated heterocycles. The zero-order chi connectivity index (χ0) is 52.9. The summed E-state index contributed by atoms with van der Waals surface area (Å²) in [5, 5.41) is 0. The molecule has 394 valence electrons. The van der Waals surface area contributed by atoms with Gasteiger partial charge >= 0.3 is 59.7 Å². The fourth-order valence-corrected chi connectivity index (χ4v) is 60.8. The molecule has 2 aliphatic heterocycles. The largest absolute Gasteiger partial charge is 0.467 e. The lowest BCUT2D eigenvalue weighted by atomic mass is 10.8. The molecule has 5 unspecified atom stereocenters. The van der Waals surface area contributed by atoms with Gasteiger partial charge in [0.05, 0.1) is 6.04 Å². The monoisotopic (exact) mass is 1140 g/mol. The summed E-state index contributed by atoms with van der Waals surface area (Å²) in [7, 11) is -57.2. The normalized spacial score (nSPS) is 34.6. The van der Waals surface area contributed by atoms with E-state index in [1.807, 2.05) is 0 Å². The maximum Gasteiger partial charge on any atom is 0.467 e. The summed E-state index contributed by atoms with van der Waals surface area (Å²) in [6.07, 6.45) is 0. The van der Waals surface area contributed by atoms with Crippen molar-refractivity contribution in [2.45, 2.75) is 194 Å². The second-order valence-corrected chi connectivity index (χ2v) is 49.8. The fraction of sp³-hybridized carbons (Fsp3) is 1.00. The average Bonchev–Trinajstić information content (AvgIpc) is 3.04. The standard InChI is InChI=1S/C31H56F20O7Si8/c1-15-59(22(6,32)33)21-60(23(7,34)35,24(8,36)37)53-66(30(14,48)49,58-61(16-2,52-59)25(9,38)39)31(50,51)20-65(29(13,46)47)56-63(18-4,27(11,42)43)54-62(17-3,26(10,40)41)55-64(19-5,57-65)28(12,44)45/h15-21H2,1-14H3. The molecule has 0 saturated carbocycles. The van der Waals surface area contributed by atoms with E-state index in [-0.39, 0.29) is 34.6 Å². The van der Waals surface area contributed by atoms with Gasteiger partial charge in [0.1, 0.15) is 0 Å².